The molecule has 2 aromatic rings. The Morgan fingerprint density at radius 3 is 1.23 bits per heavy atom. The fourth-order valence-electron chi connectivity index (χ4n) is 2.27. The van der Waals surface area contributed by atoms with Crippen LogP contribution in [0.25, 0.3) is 0 Å². The van der Waals surface area contributed by atoms with Gasteiger partial charge in [0.15, 0.2) is 0 Å². The van der Waals surface area contributed by atoms with Gasteiger partial charge >= 0.3 is 0 Å². The molecule has 8 heteroatoms. The van der Waals surface area contributed by atoms with Gasteiger partial charge in [-0.2, -0.15) is 0 Å². The van der Waals surface area contributed by atoms with E-state index < -0.39 is 0 Å². The number of carbonyl (C=O) groups excluding carboxylic acids is 2. The monoisotopic (exact) mass is 432 g/mol. The van der Waals surface area contributed by atoms with Gasteiger partial charge in [-0.05, 0) is 49.2 Å². The molecule has 2 rings (SSSR count). The van der Waals surface area contributed by atoms with E-state index in [0.717, 1.165) is 0 Å². The van der Waals surface area contributed by atoms with Crippen molar-refractivity contribution in [3.05, 3.63) is 56.5 Å². The number of hydrogen-bond acceptors (Lipinski definition) is 2. The zero-order valence-corrected chi connectivity index (χ0v) is 16.6. The summed E-state index contributed by atoms with van der Waals surface area (Å²) in [4.78, 5) is 23.8. The molecule has 138 valence electrons. The van der Waals surface area contributed by atoms with E-state index >= 15 is 0 Å². The van der Waals surface area contributed by atoms with Gasteiger partial charge in [0, 0.05) is 44.3 Å². The quantitative estimate of drug-likeness (QED) is 0.493. The van der Waals surface area contributed by atoms with E-state index in [4.69, 9.17) is 46.4 Å². The Hall–Kier alpha value is -1.46. The first-order valence-electron chi connectivity index (χ1n) is 7.84. The molecule has 0 heterocycles. The Labute approximate surface area is 171 Å². The molecule has 0 unspecified atom stereocenters. The molecule has 0 aliphatic rings. The van der Waals surface area contributed by atoms with E-state index in [-0.39, 0.29) is 11.8 Å². The molecular weight excluding hydrogens is 418 g/mol. The summed E-state index contributed by atoms with van der Waals surface area (Å²) in [7, 11) is 0. The molecule has 2 aromatic carbocycles. The first kappa shape index (κ1) is 20.8. The number of halogens is 4. The lowest BCUT2D eigenvalue weighted by atomic mass is 10.1. The molecule has 26 heavy (non-hydrogen) atoms. The van der Waals surface area contributed by atoms with Gasteiger partial charge in [0.1, 0.15) is 0 Å². The molecule has 0 bridgehead atoms. The van der Waals surface area contributed by atoms with Crippen molar-refractivity contribution in [3.8, 4) is 0 Å². The Morgan fingerprint density at radius 2 is 0.923 bits per heavy atom. The minimum Gasteiger partial charge on any atom is -0.326 e. The normalized spacial score (nSPS) is 10.5. The number of rotatable bonds is 7. The summed E-state index contributed by atoms with van der Waals surface area (Å²) in [5.74, 6) is -0.323. The third kappa shape index (κ3) is 7.42. The van der Waals surface area contributed by atoms with Gasteiger partial charge in [0.25, 0.3) is 0 Å². The third-order valence-electron chi connectivity index (χ3n) is 3.35. The molecule has 0 fully saturated rings. The maximum absolute atomic E-state index is 11.9. The summed E-state index contributed by atoms with van der Waals surface area (Å²) in [6.45, 7) is 0. The second-order valence-electron chi connectivity index (χ2n) is 5.62. The Bertz CT molecular complexity index is 704. The number of carbonyl (C=O) groups is 2. The van der Waals surface area contributed by atoms with Crippen molar-refractivity contribution in [3.63, 3.8) is 0 Å². The van der Waals surface area contributed by atoms with E-state index in [0.29, 0.717) is 57.1 Å². The van der Waals surface area contributed by atoms with Crippen LogP contribution in [0.3, 0.4) is 0 Å². The van der Waals surface area contributed by atoms with Crippen molar-refractivity contribution in [2.24, 2.45) is 0 Å². The van der Waals surface area contributed by atoms with E-state index in [9.17, 15) is 9.59 Å². The predicted octanol–water partition coefficient (Wildman–Crippen LogP) is 6.44. The number of hydrogen-bond donors (Lipinski definition) is 2. The molecular formula is C18H16Cl4N2O2. The lowest BCUT2D eigenvalue weighted by Crippen LogP contribution is -2.13. The molecule has 0 radical (unpaired) electrons. The molecule has 4 nitrogen and oxygen atoms in total. The standard InChI is InChI=1S/C18H16Cl4N2O2/c19-11-5-12(20)8-15(7-11)23-17(25)3-1-2-4-18(26)24-16-9-13(21)6-14(22)10-16/h5-10H,1-4H2,(H,23,25)(H,24,26). The molecule has 2 N–H and O–H groups in total. The minimum atomic E-state index is -0.162. The number of amides is 2. The molecule has 0 aromatic heterocycles. The maximum Gasteiger partial charge on any atom is 0.224 e. The smallest absolute Gasteiger partial charge is 0.224 e. The van der Waals surface area contributed by atoms with Gasteiger partial charge in [-0.25, -0.2) is 0 Å². The van der Waals surface area contributed by atoms with Crippen LogP contribution in [-0.2, 0) is 9.59 Å². The fourth-order valence-corrected chi connectivity index (χ4v) is 3.32. The highest BCUT2D eigenvalue weighted by Crippen LogP contribution is 2.23. The predicted molar refractivity (Wildman–Crippen MR) is 109 cm³/mol. The molecule has 0 atom stereocenters. The highest BCUT2D eigenvalue weighted by atomic mass is 35.5. The first-order valence-corrected chi connectivity index (χ1v) is 9.35. The summed E-state index contributed by atoms with van der Waals surface area (Å²) in [6.07, 6.45) is 1.73. The summed E-state index contributed by atoms with van der Waals surface area (Å²) in [5.41, 5.74) is 1.09. The van der Waals surface area contributed by atoms with E-state index in [1.54, 1.807) is 36.4 Å². The average molecular weight is 434 g/mol. The van der Waals surface area contributed by atoms with Crippen molar-refractivity contribution in [1.82, 2.24) is 0 Å². The van der Waals surface area contributed by atoms with Crippen LogP contribution >= 0.6 is 46.4 Å². The van der Waals surface area contributed by atoms with Crippen LogP contribution in [0.15, 0.2) is 36.4 Å². The lowest BCUT2D eigenvalue weighted by Gasteiger charge is -2.07. The largest absolute Gasteiger partial charge is 0.326 e. The molecule has 2 amide bonds. The van der Waals surface area contributed by atoms with Crippen LogP contribution < -0.4 is 10.6 Å². The zero-order valence-electron chi connectivity index (χ0n) is 13.6. The van der Waals surface area contributed by atoms with Crippen LogP contribution in [0.1, 0.15) is 25.7 Å². The lowest BCUT2D eigenvalue weighted by molar-refractivity contribution is -0.118. The number of benzene rings is 2. The van der Waals surface area contributed by atoms with Gasteiger partial charge in [-0.1, -0.05) is 46.4 Å². The highest BCUT2D eigenvalue weighted by molar-refractivity contribution is 6.35. The Kier molecular flexibility index (Phi) is 8.04. The van der Waals surface area contributed by atoms with Crippen molar-refractivity contribution < 1.29 is 9.59 Å². The zero-order chi connectivity index (χ0) is 19.1. The van der Waals surface area contributed by atoms with E-state index in [2.05, 4.69) is 10.6 Å². The van der Waals surface area contributed by atoms with Crippen LogP contribution in [0.4, 0.5) is 11.4 Å². The summed E-state index contributed by atoms with van der Waals surface area (Å²) in [6, 6.07) is 9.66. The second kappa shape index (κ2) is 10.0. The molecule has 0 aliphatic heterocycles. The van der Waals surface area contributed by atoms with E-state index in [1.165, 1.54) is 0 Å². The Morgan fingerprint density at radius 1 is 0.615 bits per heavy atom. The van der Waals surface area contributed by atoms with Gasteiger partial charge < -0.3 is 10.6 Å². The first-order chi connectivity index (χ1) is 12.3. The van der Waals surface area contributed by atoms with Crippen LogP contribution in [0, 0.1) is 0 Å². The summed E-state index contributed by atoms with van der Waals surface area (Å²) < 4.78 is 0. The third-order valence-corrected chi connectivity index (χ3v) is 4.22. The van der Waals surface area contributed by atoms with Crippen molar-refractivity contribution in [2.45, 2.75) is 25.7 Å². The van der Waals surface area contributed by atoms with Crippen molar-refractivity contribution >= 4 is 69.6 Å². The van der Waals surface area contributed by atoms with Crippen molar-refractivity contribution in [2.75, 3.05) is 10.6 Å². The second-order valence-corrected chi connectivity index (χ2v) is 7.37. The Balaban J connectivity index is 1.70. The molecule has 0 aliphatic carbocycles. The number of nitrogens with one attached hydrogen (secondary N) is 2. The minimum absolute atomic E-state index is 0.162. The number of anilines is 2. The SMILES string of the molecule is O=C(CCCCC(=O)Nc1cc(Cl)cc(Cl)c1)Nc1cc(Cl)cc(Cl)c1. The van der Waals surface area contributed by atoms with Gasteiger partial charge in [-0.3, -0.25) is 9.59 Å². The molecule has 0 saturated heterocycles. The van der Waals surface area contributed by atoms with Crippen LogP contribution in [0.2, 0.25) is 20.1 Å². The summed E-state index contributed by atoms with van der Waals surface area (Å²) >= 11 is 23.5. The van der Waals surface area contributed by atoms with Gasteiger partial charge in [-0.15, -0.1) is 0 Å². The van der Waals surface area contributed by atoms with Crippen LogP contribution in [-0.4, -0.2) is 11.8 Å². The topological polar surface area (TPSA) is 58.2 Å². The van der Waals surface area contributed by atoms with E-state index in [1.807, 2.05) is 0 Å². The summed E-state index contributed by atoms with van der Waals surface area (Å²) in [5, 5.41) is 7.25. The van der Waals surface area contributed by atoms with Gasteiger partial charge in [0.05, 0.1) is 0 Å². The fraction of sp³-hybridized carbons (Fsp3) is 0.222. The molecule has 0 spiro atoms. The highest BCUT2D eigenvalue weighted by Gasteiger charge is 2.07. The maximum atomic E-state index is 11.9. The average Bonchev–Trinajstić information content (AvgIpc) is 2.49. The number of unbranched alkanes of at least 4 members (excludes halogenated alkanes) is 1. The van der Waals surface area contributed by atoms with Gasteiger partial charge in [0.2, 0.25) is 11.8 Å². The van der Waals surface area contributed by atoms with Crippen molar-refractivity contribution in [1.29, 1.82) is 0 Å². The molecule has 0 saturated carbocycles. The van der Waals surface area contributed by atoms with Crippen LogP contribution in [0.5, 0.6) is 0 Å².